The minimum absolute atomic E-state index is 0.118. The molecule has 1 aliphatic heterocycles. The van der Waals surface area contributed by atoms with Gasteiger partial charge < -0.3 is 5.73 Å². The molecule has 29 heavy (non-hydrogen) atoms. The van der Waals surface area contributed by atoms with Gasteiger partial charge in [0.05, 0.1) is 17.6 Å². The molecule has 148 valence electrons. The molecule has 1 aromatic carbocycles. The summed E-state index contributed by atoms with van der Waals surface area (Å²) in [4.78, 5) is 16.4. The molecule has 1 aliphatic carbocycles. The van der Waals surface area contributed by atoms with Gasteiger partial charge in [-0.3, -0.25) is 9.69 Å². The molecule has 4 rings (SSSR count). The van der Waals surface area contributed by atoms with E-state index in [2.05, 4.69) is 26.0 Å². The molecule has 0 unspecified atom stereocenters. The third-order valence-corrected chi connectivity index (χ3v) is 6.89. The van der Waals surface area contributed by atoms with Crippen LogP contribution in [0.5, 0.6) is 0 Å². The van der Waals surface area contributed by atoms with Crippen molar-refractivity contribution in [2.24, 2.45) is 11.1 Å². The summed E-state index contributed by atoms with van der Waals surface area (Å²) in [6.45, 7) is 8.30. The lowest BCUT2D eigenvalue weighted by Crippen LogP contribution is -2.42. The third kappa shape index (κ3) is 3.18. The molecule has 0 fully saturated rings. The van der Waals surface area contributed by atoms with E-state index >= 15 is 0 Å². The highest BCUT2D eigenvalue weighted by Gasteiger charge is 2.45. The first-order valence-corrected chi connectivity index (χ1v) is 10.7. The number of nitrogens with two attached hydrogens (primary N) is 1. The fourth-order valence-electron chi connectivity index (χ4n) is 4.51. The maximum atomic E-state index is 13.4. The molecule has 0 bridgehead atoms. The average molecular weight is 404 g/mol. The molecule has 2 heterocycles. The summed E-state index contributed by atoms with van der Waals surface area (Å²) in [5.41, 5.74) is 11.7. The molecule has 0 radical (unpaired) electrons. The van der Waals surface area contributed by atoms with Crippen LogP contribution in [0, 0.1) is 30.6 Å². The second-order valence-corrected chi connectivity index (χ2v) is 9.74. The Morgan fingerprint density at radius 1 is 1.24 bits per heavy atom. The van der Waals surface area contributed by atoms with E-state index in [-0.39, 0.29) is 17.1 Å². The Labute approximate surface area is 176 Å². The quantitative estimate of drug-likeness (QED) is 0.738. The molecule has 2 aromatic rings. The maximum absolute atomic E-state index is 13.4. The van der Waals surface area contributed by atoms with Crippen molar-refractivity contribution in [2.75, 3.05) is 4.90 Å². The van der Waals surface area contributed by atoms with Crippen LogP contribution in [0.1, 0.15) is 48.6 Å². The topological polar surface area (TPSA) is 70.1 Å². The van der Waals surface area contributed by atoms with E-state index in [1.54, 1.807) is 11.3 Å². The molecule has 4 nitrogen and oxygen atoms in total. The van der Waals surface area contributed by atoms with E-state index in [9.17, 15) is 10.1 Å². The molecule has 1 aromatic heterocycles. The number of carbonyl (C=O) groups excluding carboxylic acids is 1. The number of aryl methyl sites for hydroxylation is 2. The minimum atomic E-state index is -0.375. The second-order valence-electron chi connectivity index (χ2n) is 8.79. The number of Topliss-reactive ketones (excluding diaryl/α,β-unsaturated/α-hetero) is 1. The highest BCUT2D eigenvalue weighted by molar-refractivity contribution is 7.10. The molecule has 5 heteroatoms. The Morgan fingerprint density at radius 2 is 2.00 bits per heavy atom. The molecular formula is C24H25N3OS. The van der Waals surface area contributed by atoms with Crippen molar-refractivity contribution in [2.45, 2.75) is 46.5 Å². The lowest BCUT2D eigenvalue weighted by atomic mass is 9.69. The number of nitrogens with zero attached hydrogens (tertiary/aromatic N) is 2. The third-order valence-electron chi connectivity index (χ3n) is 5.80. The van der Waals surface area contributed by atoms with Gasteiger partial charge in [0.15, 0.2) is 5.78 Å². The lowest BCUT2D eigenvalue weighted by molar-refractivity contribution is -0.118. The van der Waals surface area contributed by atoms with Crippen LogP contribution >= 0.6 is 11.3 Å². The molecule has 0 spiro atoms. The number of allylic oxidation sites excluding steroid dienone is 3. The number of carbonyl (C=O) groups is 1. The monoisotopic (exact) mass is 403 g/mol. The minimum Gasteiger partial charge on any atom is -0.384 e. The molecule has 1 atom stereocenters. The SMILES string of the molecule is Cc1cccc(N2C(N)=C(C#N)[C@H](c3sccc3C)C3=C2CC(C)(C)CC3=O)c1. The molecule has 2 N–H and O–H groups in total. The molecule has 0 amide bonds. The van der Waals surface area contributed by atoms with Crippen molar-refractivity contribution in [1.29, 1.82) is 5.26 Å². The van der Waals surface area contributed by atoms with Crippen molar-refractivity contribution >= 4 is 22.8 Å². The summed E-state index contributed by atoms with van der Waals surface area (Å²) in [5, 5.41) is 12.1. The van der Waals surface area contributed by atoms with Crippen molar-refractivity contribution in [3.05, 3.63) is 74.4 Å². The Morgan fingerprint density at radius 3 is 2.62 bits per heavy atom. The summed E-state index contributed by atoms with van der Waals surface area (Å²) >= 11 is 1.59. The van der Waals surface area contributed by atoms with Crippen LogP contribution in [-0.2, 0) is 4.79 Å². The first-order chi connectivity index (χ1) is 13.7. The number of hydrogen-bond donors (Lipinski definition) is 1. The number of hydrogen-bond acceptors (Lipinski definition) is 5. The zero-order chi connectivity index (χ0) is 20.9. The van der Waals surface area contributed by atoms with Gasteiger partial charge in [-0.15, -0.1) is 11.3 Å². The lowest BCUT2D eigenvalue weighted by Gasteiger charge is -2.43. The zero-order valence-electron chi connectivity index (χ0n) is 17.2. The average Bonchev–Trinajstić information content (AvgIpc) is 3.05. The fraction of sp³-hybridized carbons (Fsp3) is 0.333. The molecule has 0 saturated carbocycles. The van der Waals surface area contributed by atoms with Gasteiger partial charge in [0.25, 0.3) is 0 Å². The van der Waals surface area contributed by atoms with E-state index in [1.807, 2.05) is 48.4 Å². The van der Waals surface area contributed by atoms with Crippen molar-refractivity contribution in [1.82, 2.24) is 0 Å². The summed E-state index contributed by atoms with van der Waals surface area (Å²) in [7, 11) is 0. The highest BCUT2D eigenvalue weighted by atomic mass is 32.1. The normalized spacial score (nSPS) is 21.3. The van der Waals surface area contributed by atoms with Crippen molar-refractivity contribution in [3.63, 3.8) is 0 Å². The fourth-order valence-corrected chi connectivity index (χ4v) is 5.56. The molecular weight excluding hydrogens is 378 g/mol. The Kier molecular flexibility index (Phi) is 4.63. The van der Waals surface area contributed by atoms with E-state index in [0.29, 0.717) is 17.8 Å². The van der Waals surface area contributed by atoms with Gasteiger partial charge >= 0.3 is 0 Å². The van der Waals surface area contributed by atoms with Crippen LogP contribution in [0.2, 0.25) is 0 Å². The summed E-state index contributed by atoms with van der Waals surface area (Å²) in [5.74, 6) is 0.173. The van der Waals surface area contributed by atoms with E-state index in [1.165, 1.54) is 0 Å². The molecule has 2 aliphatic rings. The number of nitriles is 1. The van der Waals surface area contributed by atoms with Crippen LogP contribution in [0.25, 0.3) is 0 Å². The van der Waals surface area contributed by atoms with Gasteiger partial charge in [-0.1, -0.05) is 26.0 Å². The summed E-state index contributed by atoms with van der Waals surface area (Å²) in [6, 6.07) is 12.4. The van der Waals surface area contributed by atoms with Gasteiger partial charge in [0.1, 0.15) is 5.82 Å². The smallest absolute Gasteiger partial charge is 0.162 e. The van der Waals surface area contributed by atoms with Gasteiger partial charge in [-0.05, 0) is 60.4 Å². The number of ketones is 1. The van der Waals surface area contributed by atoms with E-state index < -0.39 is 0 Å². The molecule has 0 saturated heterocycles. The van der Waals surface area contributed by atoms with Crippen LogP contribution in [0.4, 0.5) is 5.69 Å². The van der Waals surface area contributed by atoms with Gasteiger partial charge in [0, 0.05) is 28.3 Å². The Balaban J connectivity index is 2.02. The van der Waals surface area contributed by atoms with E-state index in [4.69, 9.17) is 5.73 Å². The maximum Gasteiger partial charge on any atom is 0.162 e. The predicted molar refractivity (Wildman–Crippen MR) is 117 cm³/mol. The Hall–Kier alpha value is -2.84. The van der Waals surface area contributed by atoms with Crippen LogP contribution in [-0.4, -0.2) is 5.78 Å². The van der Waals surface area contributed by atoms with Gasteiger partial charge in [-0.25, -0.2) is 0 Å². The first kappa shape index (κ1) is 19.5. The summed E-state index contributed by atoms with van der Waals surface area (Å²) < 4.78 is 0. The number of anilines is 1. The first-order valence-electron chi connectivity index (χ1n) is 9.80. The second kappa shape index (κ2) is 6.89. The van der Waals surface area contributed by atoms with Gasteiger partial charge in [-0.2, -0.15) is 5.26 Å². The Bertz CT molecular complexity index is 1110. The standard InChI is InChI=1S/C24H25N3OS/c1-14-6-5-7-16(10-14)27-18-11-24(3,4)12-19(28)21(18)20(17(13-25)23(27)26)22-15(2)8-9-29-22/h5-10,20H,11-12,26H2,1-4H3/t20-/m0/s1. The van der Waals surface area contributed by atoms with Crippen LogP contribution < -0.4 is 10.6 Å². The predicted octanol–water partition coefficient (Wildman–Crippen LogP) is 5.31. The summed E-state index contributed by atoms with van der Waals surface area (Å²) in [6.07, 6.45) is 1.22. The number of thiophene rings is 1. The van der Waals surface area contributed by atoms with Crippen molar-refractivity contribution < 1.29 is 4.79 Å². The number of rotatable bonds is 2. The highest BCUT2D eigenvalue weighted by Crippen LogP contribution is 2.51. The van der Waals surface area contributed by atoms with Crippen molar-refractivity contribution in [3.8, 4) is 6.07 Å². The largest absolute Gasteiger partial charge is 0.384 e. The van der Waals surface area contributed by atoms with E-state index in [0.717, 1.165) is 39.4 Å². The van der Waals surface area contributed by atoms with Gasteiger partial charge in [0.2, 0.25) is 0 Å². The zero-order valence-corrected chi connectivity index (χ0v) is 18.1. The number of benzene rings is 1. The van der Waals surface area contributed by atoms with Crippen LogP contribution in [0.15, 0.2) is 58.4 Å². The van der Waals surface area contributed by atoms with Crippen LogP contribution in [0.3, 0.4) is 0 Å².